The third-order valence-electron chi connectivity index (χ3n) is 5.10. The first-order valence-electron chi connectivity index (χ1n) is 8.93. The van der Waals surface area contributed by atoms with Gasteiger partial charge in [-0.3, -0.25) is 4.79 Å². The molecular formula is C19H24N4O2. The average Bonchev–Trinajstić information content (AvgIpc) is 3.34. The number of nitrogens with zero attached hydrogens (tertiary/aromatic N) is 4. The minimum Gasteiger partial charge on any atom is -0.384 e. The van der Waals surface area contributed by atoms with Gasteiger partial charge < -0.3 is 9.64 Å². The summed E-state index contributed by atoms with van der Waals surface area (Å²) < 4.78 is 7.47. The lowest BCUT2D eigenvalue weighted by molar-refractivity contribution is 0.0672. The molecule has 4 rings (SSSR count). The molecule has 0 N–H and O–H groups in total. The molecule has 6 nitrogen and oxygen atoms in total. The maximum atomic E-state index is 12.9. The highest BCUT2D eigenvalue weighted by Gasteiger charge is 2.34. The summed E-state index contributed by atoms with van der Waals surface area (Å²) in [5.41, 5.74) is 3.93. The molecule has 1 aromatic heterocycles. The Kier molecular flexibility index (Phi) is 4.29. The van der Waals surface area contributed by atoms with Gasteiger partial charge in [0.25, 0.3) is 5.91 Å². The van der Waals surface area contributed by atoms with E-state index in [1.165, 1.54) is 12.8 Å². The third-order valence-corrected chi connectivity index (χ3v) is 5.10. The van der Waals surface area contributed by atoms with Crippen LogP contribution in [-0.4, -0.2) is 46.1 Å². The number of hydrogen-bond donors (Lipinski definition) is 0. The molecule has 1 amide bonds. The highest BCUT2D eigenvalue weighted by molar-refractivity contribution is 5.94. The number of aromatic nitrogens is 3. The van der Waals surface area contributed by atoms with E-state index in [9.17, 15) is 4.79 Å². The number of aryl methyl sites for hydroxylation is 1. The predicted octanol–water partition coefficient (Wildman–Crippen LogP) is 2.38. The zero-order valence-electron chi connectivity index (χ0n) is 14.8. The Hall–Kier alpha value is -2.21. The van der Waals surface area contributed by atoms with Crippen molar-refractivity contribution >= 4 is 5.91 Å². The molecule has 132 valence electrons. The van der Waals surface area contributed by atoms with Crippen molar-refractivity contribution in [2.24, 2.45) is 5.92 Å². The first-order valence-corrected chi connectivity index (χ1v) is 8.93. The van der Waals surface area contributed by atoms with Gasteiger partial charge in [-0.25, -0.2) is 4.68 Å². The summed E-state index contributed by atoms with van der Waals surface area (Å²) in [5.74, 6) is 0.904. The number of hydrogen-bond acceptors (Lipinski definition) is 4. The molecule has 1 aliphatic heterocycles. The summed E-state index contributed by atoms with van der Waals surface area (Å²) in [5, 5.41) is 8.74. The molecule has 1 saturated carbocycles. The Balaban J connectivity index is 1.59. The fourth-order valence-electron chi connectivity index (χ4n) is 3.56. The van der Waals surface area contributed by atoms with Crippen LogP contribution in [0.5, 0.6) is 0 Å². The van der Waals surface area contributed by atoms with Crippen LogP contribution in [0.15, 0.2) is 24.3 Å². The Bertz CT molecular complexity index is 764. The van der Waals surface area contributed by atoms with Gasteiger partial charge in [0.15, 0.2) is 0 Å². The summed E-state index contributed by atoms with van der Waals surface area (Å²) >= 11 is 0. The van der Waals surface area contributed by atoms with Gasteiger partial charge in [-0.15, -0.1) is 5.10 Å². The van der Waals surface area contributed by atoms with Crippen LogP contribution in [0.3, 0.4) is 0 Å². The van der Waals surface area contributed by atoms with E-state index in [1.807, 2.05) is 40.8 Å². The van der Waals surface area contributed by atoms with Crippen LogP contribution in [0.2, 0.25) is 0 Å². The summed E-state index contributed by atoms with van der Waals surface area (Å²) in [4.78, 5) is 14.8. The summed E-state index contributed by atoms with van der Waals surface area (Å²) in [6.07, 6.45) is 2.56. The largest absolute Gasteiger partial charge is 0.384 e. The van der Waals surface area contributed by atoms with E-state index in [4.69, 9.17) is 4.74 Å². The maximum Gasteiger partial charge on any atom is 0.254 e. The molecule has 1 fully saturated rings. The van der Waals surface area contributed by atoms with Crippen LogP contribution >= 0.6 is 0 Å². The highest BCUT2D eigenvalue weighted by Crippen LogP contribution is 2.34. The maximum absolute atomic E-state index is 12.9. The van der Waals surface area contributed by atoms with Crippen molar-refractivity contribution in [3.63, 3.8) is 0 Å². The van der Waals surface area contributed by atoms with Crippen molar-refractivity contribution < 1.29 is 9.53 Å². The third kappa shape index (κ3) is 3.31. The minimum absolute atomic E-state index is 0.0449. The molecule has 6 heteroatoms. The van der Waals surface area contributed by atoms with E-state index in [2.05, 4.69) is 10.3 Å². The lowest BCUT2D eigenvalue weighted by Gasteiger charge is -2.32. The average molecular weight is 340 g/mol. The standard InChI is InChI=1S/C19H24N4O2/c1-13-3-7-15(8-4-13)19(24)22-10-16(12-25-2)18-17(11-22)20-21-23(18)9-14-5-6-14/h3-4,7-8,14,16H,5-6,9-12H2,1-2H3/t16-/m0/s1. The van der Waals surface area contributed by atoms with Crippen LogP contribution < -0.4 is 0 Å². The monoisotopic (exact) mass is 340 g/mol. The normalized spacial score (nSPS) is 19.8. The van der Waals surface area contributed by atoms with Crippen molar-refractivity contribution in [2.75, 3.05) is 20.3 Å². The summed E-state index contributed by atoms with van der Waals surface area (Å²) in [6.45, 7) is 4.70. The molecule has 2 aromatic rings. The van der Waals surface area contributed by atoms with Gasteiger partial charge >= 0.3 is 0 Å². The number of ether oxygens (including phenoxy) is 1. The van der Waals surface area contributed by atoms with E-state index in [0.29, 0.717) is 19.7 Å². The number of rotatable bonds is 5. The predicted molar refractivity (Wildman–Crippen MR) is 93.3 cm³/mol. The quantitative estimate of drug-likeness (QED) is 0.838. The van der Waals surface area contributed by atoms with Crippen LogP contribution in [0, 0.1) is 12.8 Å². The molecule has 1 aromatic carbocycles. The van der Waals surface area contributed by atoms with Gasteiger partial charge in [-0.2, -0.15) is 0 Å². The molecule has 25 heavy (non-hydrogen) atoms. The Labute approximate surface area is 147 Å². The molecule has 2 aliphatic rings. The smallest absolute Gasteiger partial charge is 0.254 e. The van der Waals surface area contributed by atoms with Gasteiger partial charge in [0.1, 0.15) is 5.69 Å². The van der Waals surface area contributed by atoms with Gasteiger partial charge in [-0.05, 0) is 37.8 Å². The van der Waals surface area contributed by atoms with Crippen molar-refractivity contribution in [1.29, 1.82) is 0 Å². The second kappa shape index (κ2) is 6.59. The molecule has 0 unspecified atom stereocenters. The van der Waals surface area contributed by atoms with E-state index in [1.54, 1.807) is 7.11 Å². The van der Waals surface area contributed by atoms with Gasteiger partial charge in [0.05, 0.1) is 18.8 Å². The second-order valence-electron chi connectivity index (χ2n) is 7.25. The number of benzene rings is 1. The SMILES string of the molecule is COC[C@@H]1CN(C(=O)c2ccc(C)cc2)Cc2nnn(CC3CC3)c21. The van der Waals surface area contributed by atoms with E-state index < -0.39 is 0 Å². The van der Waals surface area contributed by atoms with Crippen LogP contribution in [-0.2, 0) is 17.8 Å². The van der Waals surface area contributed by atoms with Gasteiger partial charge in [0, 0.05) is 31.7 Å². The van der Waals surface area contributed by atoms with E-state index in [0.717, 1.165) is 35.0 Å². The second-order valence-corrected chi connectivity index (χ2v) is 7.25. The first-order chi connectivity index (χ1) is 12.2. The first kappa shape index (κ1) is 16.3. The van der Waals surface area contributed by atoms with Crippen molar-refractivity contribution in [3.05, 3.63) is 46.8 Å². The molecule has 0 radical (unpaired) electrons. The molecular weight excluding hydrogens is 316 g/mol. The summed E-state index contributed by atoms with van der Waals surface area (Å²) in [7, 11) is 1.70. The van der Waals surface area contributed by atoms with Crippen molar-refractivity contribution in [1.82, 2.24) is 19.9 Å². The van der Waals surface area contributed by atoms with Crippen LogP contribution in [0.4, 0.5) is 0 Å². The number of carbonyl (C=O) groups excluding carboxylic acids is 1. The zero-order valence-corrected chi connectivity index (χ0v) is 14.8. The molecule has 1 atom stereocenters. The molecule has 0 bridgehead atoms. The molecule has 0 saturated heterocycles. The zero-order chi connectivity index (χ0) is 17.4. The number of methoxy groups -OCH3 is 1. The highest BCUT2D eigenvalue weighted by atomic mass is 16.5. The lowest BCUT2D eigenvalue weighted by Crippen LogP contribution is -2.40. The van der Waals surface area contributed by atoms with Gasteiger partial charge in [0.2, 0.25) is 0 Å². The number of amides is 1. The van der Waals surface area contributed by atoms with E-state index >= 15 is 0 Å². The number of fused-ring (bicyclic) bond motifs is 1. The lowest BCUT2D eigenvalue weighted by atomic mass is 9.98. The topological polar surface area (TPSA) is 60.2 Å². The Morgan fingerprint density at radius 3 is 2.72 bits per heavy atom. The summed E-state index contributed by atoms with van der Waals surface area (Å²) in [6, 6.07) is 7.73. The fourth-order valence-corrected chi connectivity index (χ4v) is 3.56. The number of carbonyl (C=O) groups is 1. The Morgan fingerprint density at radius 2 is 2.04 bits per heavy atom. The van der Waals surface area contributed by atoms with Crippen molar-refractivity contribution in [3.8, 4) is 0 Å². The molecule has 1 aliphatic carbocycles. The Morgan fingerprint density at radius 1 is 1.28 bits per heavy atom. The van der Waals surface area contributed by atoms with E-state index in [-0.39, 0.29) is 11.8 Å². The molecule has 0 spiro atoms. The van der Waals surface area contributed by atoms with Crippen LogP contribution in [0.1, 0.15) is 46.1 Å². The van der Waals surface area contributed by atoms with Gasteiger partial charge in [-0.1, -0.05) is 22.9 Å². The van der Waals surface area contributed by atoms with Crippen LogP contribution in [0.25, 0.3) is 0 Å². The molecule has 2 heterocycles. The minimum atomic E-state index is 0.0449. The van der Waals surface area contributed by atoms with Crippen molar-refractivity contribution in [2.45, 2.75) is 38.8 Å². The fraction of sp³-hybridized carbons (Fsp3) is 0.526.